The molecule has 1 aromatic rings. The van der Waals surface area contributed by atoms with Crippen LogP contribution in [0.5, 0.6) is 0 Å². The molecule has 44 heavy (non-hydrogen) atoms. The van der Waals surface area contributed by atoms with Gasteiger partial charge in [0.25, 0.3) is 5.09 Å². The molecule has 3 atom stereocenters. The molecule has 0 aliphatic carbocycles. The van der Waals surface area contributed by atoms with Gasteiger partial charge in [-0.05, 0) is 58.9 Å². The maximum absolute atomic E-state index is 13.2. The number of hydrogen-bond donors (Lipinski definition) is 3. The van der Waals surface area contributed by atoms with E-state index < -0.39 is 52.7 Å². The molecule has 1 amide bonds. The zero-order chi connectivity index (χ0) is 33.3. The molecule has 244 valence electrons. The summed E-state index contributed by atoms with van der Waals surface area (Å²) in [6, 6.07) is 7.41. The van der Waals surface area contributed by atoms with Crippen molar-refractivity contribution in [1.82, 2.24) is 10.2 Å². The fraction of sp³-hybridized carbons (Fsp3) is 0.552. The van der Waals surface area contributed by atoms with Gasteiger partial charge >= 0.3 is 23.9 Å². The molecule has 3 N–H and O–H groups in total. The van der Waals surface area contributed by atoms with Gasteiger partial charge in [-0.15, -0.1) is 10.1 Å². The number of aliphatic carboxylic acids is 2. The minimum absolute atomic E-state index is 0.0502. The van der Waals surface area contributed by atoms with Crippen molar-refractivity contribution in [2.45, 2.75) is 83.5 Å². The number of esters is 2. The van der Waals surface area contributed by atoms with Crippen molar-refractivity contribution in [3.8, 4) is 0 Å². The van der Waals surface area contributed by atoms with Crippen LogP contribution in [0.3, 0.4) is 0 Å². The largest absolute Gasteiger partial charge is 0.478 e. The van der Waals surface area contributed by atoms with Gasteiger partial charge in [0.05, 0.1) is 19.3 Å². The highest BCUT2D eigenvalue weighted by atomic mass is 16.9. The molecule has 15 nitrogen and oxygen atoms in total. The molecule has 0 spiro atoms. The maximum atomic E-state index is 13.2. The summed E-state index contributed by atoms with van der Waals surface area (Å²) in [5.41, 5.74) is 0.370. The average Bonchev–Trinajstić information content (AvgIpc) is 3.43. The first kappa shape index (κ1) is 37.5. The number of carboxylic acids is 2. The predicted molar refractivity (Wildman–Crippen MR) is 155 cm³/mol. The highest BCUT2D eigenvalue weighted by molar-refractivity contribution is 5.90. The molecule has 2 rings (SSSR count). The number of ether oxygens (including phenoxy) is 2. The molecule has 0 saturated carbocycles. The third-order valence-electron chi connectivity index (χ3n) is 5.98. The summed E-state index contributed by atoms with van der Waals surface area (Å²) in [5.74, 6) is -3.80. The molecule has 15 heteroatoms. The molecule has 1 aliphatic heterocycles. The Kier molecular flexibility index (Phi) is 16.1. The van der Waals surface area contributed by atoms with Crippen molar-refractivity contribution >= 4 is 29.8 Å². The van der Waals surface area contributed by atoms with Crippen LogP contribution in [-0.2, 0) is 44.7 Å². The molecule has 1 aliphatic rings. The second kappa shape index (κ2) is 18.9. The van der Waals surface area contributed by atoms with Crippen LogP contribution in [0.1, 0.15) is 58.9 Å². The summed E-state index contributed by atoms with van der Waals surface area (Å²) in [4.78, 5) is 73.8. The summed E-state index contributed by atoms with van der Waals surface area (Å²) >= 11 is 0. The van der Waals surface area contributed by atoms with E-state index >= 15 is 0 Å². The zero-order valence-corrected chi connectivity index (χ0v) is 25.3. The smallest absolute Gasteiger partial charge is 0.329 e. The predicted octanol–water partition coefficient (Wildman–Crippen LogP) is 2.15. The lowest BCUT2D eigenvalue weighted by Crippen LogP contribution is -2.54. The quantitative estimate of drug-likeness (QED) is 0.0841. The van der Waals surface area contributed by atoms with E-state index in [1.807, 2.05) is 30.3 Å². The van der Waals surface area contributed by atoms with Crippen molar-refractivity contribution in [1.29, 1.82) is 0 Å². The zero-order valence-electron chi connectivity index (χ0n) is 25.3. The first-order chi connectivity index (χ1) is 20.6. The number of hydrogen-bond acceptors (Lipinski definition) is 11. The number of nitrogens with one attached hydrogen (secondary N) is 1. The van der Waals surface area contributed by atoms with E-state index in [0.717, 1.165) is 5.56 Å². The number of carbonyl (C=O) groups excluding carboxylic acids is 3. The summed E-state index contributed by atoms with van der Waals surface area (Å²) in [7, 11) is 0. The number of rotatable bonds is 15. The van der Waals surface area contributed by atoms with Gasteiger partial charge in [0.1, 0.15) is 17.7 Å². The Hall–Kier alpha value is -4.53. The van der Waals surface area contributed by atoms with Crippen LogP contribution in [0.25, 0.3) is 0 Å². The molecule has 1 saturated heterocycles. The van der Waals surface area contributed by atoms with Gasteiger partial charge in [-0.25, -0.2) is 14.4 Å². The average molecular weight is 624 g/mol. The van der Waals surface area contributed by atoms with Crippen LogP contribution in [-0.4, -0.2) is 93.5 Å². The molecule has 0 radical (unpaired) electrons. The van der Waals surface area contributed by atoms with Crippen LogP contribution < -0.4 is 5.32 Å². The number of carboxylic acid groups (broad SMARTS) is 2. The molecule has 1 aromatic carbocycles. The fourth-order valence-electron chi connectivity index (χ4n) is 4.11. The van der Waals surface area contributed by atoms with Crippen molar-refractivity contribution in [3.63, 3.8) is 0 Å². The normalized spacial score (nSPS) is 15.8. The van der Waals surface area contributed by atoms with Gasteiger partial charge in [0.2, 0.25) is 5.91 Å². The number of benzene rings is 1. The lowest BCUT2D eigenvalue weighted by Gasteiger charge is -2.30. The van der Waals surface area contributed by atoms with E-state index in [0.29, 0.717) is 44.4 Å². The Morgan fingerprint density at radius 3 is 2.25 bits per heavy atom. The molecule has 0 aromatic heterocycles. The number of amides is 1. The first-order valence-corrected chi connectivity index (χ1v) is 14.0. The van der Waals surface area contributed by atoms with Crippen molar-refractivity contribution in [3.05, 3.63) is 58.2 Å². The van der Waals surface area contributed by atoms with Crippen LogP contribution in [0.15, 0.2) is 42.5 Å². The second-order valence-electron chi connectivity index (χ2n) is 10.8. The summed E-state index contributed by atoms with van der Waals surface area (Å²) in [5, 5.41) is 28.0. The molecule has 1 heterocycles. The van der Waals surface area contributed by atoms with Crippen LogP contribution in [0.2, 0.25) is 0 Å². The summed E-state index contributed by atoms with van der Waals surface area (Å²) in [6.07, 6.45) is 3.44. The number of carbonyl (C=O) groups is 5. The first-order valence-electron chi connectivity index (χ1n) is 14.0. The number of likely N-dealkylation sites (tertiary alicyclic amines) is 1. The highest BCUT2D eigenvalue weighted by Crippen LogP contribution is 2.22. The third kappa shape index (κ3) is 15.6. The van der Waals surface area contributed by atoms with Crippen LogP contribution in [0, 0.1) is 10.1 Å². The standard InChI is InChI=1S/C25H37N3O8.C4H4O4/c1-18(22(29)27-15-8-12-21(27)24(31)36-25(2,3)4)26-20(14-13-19-10-6-5-7-11-19)23(30)34-16-9-17-35-28(32)33;5-3(6)1-2-4(7)8/h5-7,10-11,18,20-21,26H,8-9,12-17H2,1-4H3;1-2H,(H,5,6)(H,7,8)/t18-,20-,21-;/m0./s1. The monoisotopic (exact) mass is 623 g/mol. The van der Waals surface area contributed by atoms with Crippen molar-refractivity contribution in [2.75, 3.05) is 19.8 Å². The fourth-order valence-corrected chi connectivity index (χ4v) is 4.11. The van der Waals surface area contributed by atoms with Crippen molar-refractivity contribution < 1.29 is 53.6 Å². The van der Waals surface area contributed by atoms with Gasteiger partial charge in [-0.1, -0.05) is 30.3 Å². The molecular formula is C29H41N3O12. The van der Waals surface area contributed by atoms with E-state index in [4.69, 9.17) is 19.7 Å². The van der Waals surface area contributed by atoms with E-state index in [1.165, 1.54) is 4.90 Å². The number of aryl methyl sites for hydroxylation is 1. The molecular weight excluding hydrogens is 582 g/mol. The van der Waals surface area contributed by atoms with E-state index in [9.17, 15) is 34.1 Å². The Morgan fingerprint density at radius 1 is 1.09 bits per heavy atom. The molecule has 1 fully saturated rings. The summed E-state index contributed by atoms with van der Waals surface area (Å²) in [6.45, 7) is 7.20. The van der Waals surface area contributed by atoms with Crippen LogP contribution in [0.4, 0.5) is 0 Å². The van der Waals surface area contributed by atoms with Gasteiger partial charge in [0.15, 0.2) is 0 Å². The summed E-state index contributed by atoms with van der Waals surface area (Å²) < 4.78 is 10.8. The van der Waals surface area contributed by atoms with Gasteiger partial charge in [0, 0.05) is 25.1 Å². The van der Waals surface area contributed by atoms with E-state index in [-0.39, 0.29) is 25.5 Å². The minimum atomic E-state index is -1.26. The van der Waals surface area contributed by atoms with Crippen LogP contribution >= 0.6 is 0 Å². The highest BCUT2D eigenvalue weighted by Gasteiger charge is 2.39. The Labute approximate surface area is 255 Å². The van der Waals surface area contributed by atoms with Gasteiger partial charge < -0.3 is 29.4 Å². The molecule has 0 bridgehead atoms. The Balaban J connectivity index is 0.00000106. The molecule has 0 unspecified atom stereocenters. The van der Waals surface area contributed by atoms with Gasteiger partial charge in [-0.2, -0.15) is 0 Å². The minimum Gasteiger partial charge on any atom is -0.478 e. The Bertz CT molecular complexity index is 1130. The second-order valence-corrected chi connectivity index (χ2v) is 10.8. The van der Waals surface area contributed by atoms with Gasteiger partial charge in [-0.3, -0.25) is 14.9 Å². The van der Waals surface area contributed by atoms with E-state index in [2.05, 4.69) is 10.2 Å². The SMILES string of the molecule is C[C@H](N[C@@H](CCc1ccccc1)C(=O)OCCCO[N+](=O)[O-])C(=O)N1CCC[C@H]1C(=O)OC(C)(C)C.O=C(O)C=CC(=O)O. The van der Waals surface area contributed by atoms with Crippen molar-refractivity contribution in [2.24, 2.45) is 0 Å². The topological polar surface area (TPSA) is 212 Å². The lowest BCUT2D eigenvalue weighted by atomic mass is 10.0. The lowest BCUT2D eigenvalue weighted by molar-refractivity contribution is -0.757. The Morgan fingerprint density at radius 2 is 1.70 bits per heavy atom. The van der Waals surface area contributed by atoms with E-state index in [1.54, 1.807) is 27.7 Å². The maximum Gasteiger partial charge on any atom is 0.329 e. The number of nitrogens with zero attached hydrogens (tertiary/aromatic N) is 2. The third-order valence-corrected chi connectivity index (χ3v) is 5.98.